The average molecular weight is 244 g/mol. The molecular formula is C14H16N2O2. The molecule has 4 heteroatoms. The van der Waals surface area contributed by atoms with E-state index in [2.05, 4.69) is 4.98 Å². The molecule has 0 unspecified atom stereocenters. The number of pyridine rings is 1. The Kier molecular flexibility index (Phi) is 2.65. The smallest absolute Gasteiger partial charge is 0.238 e. The van der Waals surface area contributed by atoms with E-state index in [4.69, 9.17) is 0 Å². The van der Waals surface area contributed by atoms with E-state index < -0.39 is 0 Å². The summed E-state index contributed by atoms with van der Waals surface area (Å²) < 4.78 is 0. The molecule has 0 aromatic carbocycles. The summed E-state index contributed by atoms with van der Waals surface area (Å²) in [5, 5.41) is 0. The molecule has 2 fully saturated rings. The van der Waals surface area contributed by atoms with Crippen LogP contribution in [0.5, 0.6) is 0 Å². The number of nitrogens with zero attached hydrogens (tertiary/aromatic N) is 2. The van der Waals surface area contributed by atoms with Crippen molar-refractivity contribution in [2.24, 2.45) is 11.8 Å². The van der Waals surface area contributed by atoms with E-state index in [9.17, 15) is 9.59 Å². The van der Waals surface area contributed by atoms with Crippen LogP contribution in [-0.4, -0.2) is 16.8 Å². The summed E-state index contributed by atoms with van der Waals surface area (Å²) in [5.41, 5.74) is 1.01. The molecule has 1 aliphatic heterocycles. The fraction of sp³-hybridized carbons (Fsp3) is 0.500. The summed E-state index contributed by atoms with van der Waals surface area (Å²) in [4.78, 5) is 30.1. The molecule has 4 nitrogen and oxygen atoms in total. The number of carbonyl (C=O) groups excluding carboxylic acids is 2. The number of anilines is 1. The van der Waals surface area contributed by atoms with Gasteiger partial charge in [-0.2, -0.15) is 0 Å². The molecule has 1 saturated carbocycles. The van der Waals surface area contributed by atoms with Crippen LogP contribution in [0, 0.1) is 18.8 Å². The van der Waals surface area contributed by atoms with Gasteiger partial charge in [0.2, 0.25) is 11.8 Å². The number of rotatable bonds is 1. The van der Waals surface area contributed by atoms with Crippen LogP contribution in [-0.2, 0) is 9.59 Å². The molecule has 2 heterocycles. The highest BCUT2D eigenvalue weighted by Gasteiger charge is 2.49. The lowest BCUT2D eigenvalue weighted by atomic mass is 9.81. The summed E-state index contributed by atoms with van der Waals surface area (Å²) in [6.07, 6.45) is 5.44. The molecule has 1 aliphatic carbocycles. The van der Waals surface area contributed by atoms with E-state index in [1.807, 2.05) is 13.0 Å². The van der Waals surface area contributed by atoms with Crippen LogP contribution >= 0.6 is 0 Å². The van der Waals surface area contributed by atoms with Gasteiger partial charge in [-0.05, 0) is 37.5 Å². The van der Waals surface area contributed by atoms with Gasteiger partial charge in [0.05, 0.1) is 11.8 Å². The van der Waals surface area contributed by atoms with Gasteiger partial charge >= 0.3 is 0 Å². The monoisotopic (exact) mass is 244 g/mol. The van der Waals surface area contributed by atoms with Crippen molar-refractivity contribution >= 4 is 17.6 Å². The maximum atomic E-state index is 12.3. The first-order valence-electron chi connectivity index (χ1n) is 6.49. The van der Waals surface area contributed by atoms with Gasteiger partial charge in [0.1, 0.15) is 5.82 Å². The fourth-order valence-electron chi connectivity index (χ4n) is 3.03. The van der Waals surface area contributed by atoms with Gasteiger partial charge in [0, 0.05) is 6.20 Å². The second-order valence-electron chi connectivity index (χ2n) is 5.20. The molecular weight excluding hydrogens is 228 g/mol. The maximum Gasteiger partial charge on any atom is 0.238 e. The number of hydrogen-bond acceptors (Lipinski definition) is 3. The third-order valence-corrected chi connectivity index (χ3v) is 3.97. The Balaban J connectivity index is 1.97. The molecule has 1 aromatic heterocycles. The van der Waals surface area contributed by atoms with Crippen LogP contribution in [0.2, 0.25) is 0 Å². The van der Waals surface area contributed by atoms with Gasteiger partial charge < -0.3 is 0 Å². The number of aromatic nitrogens is 1. The molecule has 2 amide bonds. The zero-order valence-corrected chi connectivity index (χ0v) is 10.4. The minimum Gasteiger partial charge on any atom is -0.274 e. The Labute approximate surface area is 106 Å². The van der Waals surface area contributed by atoms with Crippen molar-refractivity contribution in [1.29, 1.82) is 0 Å². The van der Waals surface area contributed by atoms with E-state index >= 15 is 0 Å². The van der Waals surface area contributed by atoms with Crippen molar-refractivity contribution in [1.82, 2.24) is 4.98 Å². The molecule has 1 aromatic rings. The zero-order chi connectivity index (χ0) is 12.7. The first kappa shape index (κ1) is 11.4. The number of imide groups is 1. The van der Waals surface area contributed by atoms with Crippen molar-refractivity contribution in [2.45, 2.75) is 32.6 Å². The van der Waals surface area contributed by atoms with Crippen LogP contribution < -0.4 is 4.90 Å². The van der Waals surface area contributed by atoms with Gasteiger partial charge in [0.25, 0.3) is 0 Å². The lowest BCUT2D eigenvalue weighted by Gasteiger charge is -2.19. The Morgan fingerprint density at radius 2 is 1.78 bits per heavy atom. The van der Waals surface area contributed by atoms with E-state index in [1.54, 1.807) is 12.3 Å². The summed E-state index contributed by atoms with van der Waals surface area (Å²) in [6, 6.07) is 3.66. The zero-order valence-electron chi connectivity index (χ0n) is 10.4. The molecule has 0 spiro atoms. The van der Waals surface area contributed by atoms with Crippen LogP contribution in [0.15, 0.2) is 18.3 Å². The summed E-state index contributed by atoms with van der Waals surface area (Å²) in [7, 11) is 0. The summed E-state index contributed by atoms with van der Waals surface area (Å²) >= 11 is 0. The first-order valence-corrected chi connectivity index (χ1v) is 6.49. The van der Waals surface area contributed by atoms with Crippen molar-refractivity contribution < 1.29 is 9.59 Å². The fourth-order valence-corrected chi connectivity index (χ4v) is 3.03. The van der Waals surface area contributed by atoms with Crippen molar-refractivity contribution in [3.63, 3.8) is 0 Å². The SMILES string of the molecule is Cc1ccnc(N2C(=O)[C@H]3CCCC[C@@H]3C2=O)c1. The Bertz CT molecular complexity index is 488. The van der Waals surface area contributed by atoms with Gasteiger partial charge in [0.15, 0.2) is 0 Å². The molecule has 2 aliphatic rings. The van der Waals surface area contributed by atoms with Crippen LogP contribution in [0.1, 0.15) is 31.2 Å². The predicted molar refractivity (Wildman–Crippen MR) is 66.9 cm³/mol. The molecule has 18 heavy (non-hydrogen) atoms. The van der Waals surface area contributed by atoms with Crippen molar-refractivity contribution in [3.8, 4) is 0 Å². The minimum atomic E-state index is -0.103. The number of carbonyl (C=O) groups is 2. The number of aryl methyl sites for hydroxylation is 1. The molecule has 3 rings (SSSR count). The molecule has 94 valence electrons. The van der Waals surface area contributed by atoms with E-state index in [-0.39, 0.29) is 23.7 Å². The normalized spacial score (nSPS) is 27.5. The van der Waals surface area contributed by atoms with Gasteiger partial charge in [-0.1, -0.05) is 12.8 Å². The van der Waals surface area contributed by atoms with Crippen LogP contribution in [0.25, 0.3) is 0 Å². The Morgan fingerprint density at radius 1 is 1.17 bits per heavy atom. The number of fused-ring (bicyclic) bond motifs is 1. The average Bonchev–Trinajstić information content (AvgIpc) is 2.63. The van der Waals surface area contributed by atoms with Crippen LogP contribution in [0.4, 0.5) is 5.82 Å². The number of amides is 2. The van der Waals surface area contributed by atoms with Gasteiger partial charge in [-0.3, -0.25) is 9.59 Å². The van der Waals surface area contributed by atoms with Gasteiger partial charge in [-0.25, -0.2) is 9.88 Å². The van der Waals surface area contributed by atoms with Crippen molar-refractivity contribution in [3.05, 3.63) is 23.9 Å². The van der Waals surface area contributed by atoms with E-state index in [0.29, 0.717) is 5.82 Å². The van der Waals surface area contributed by atoms with Crippen molar-refractivity contribution in [2.75, 3.05) is 4.90 Å². The molecule has 1 saturated heterocycles. The quantitative estimate of drug-likeness (QED) is 0.710. The second-order valence-corrected chi connectivity index (χ2v) is 5.20. The highest BCUT2D eigenvalue weighted by Crippen LogP contribution is 2.39. The standard InChI is InChI=1S/C14H16N2O2/c1-9-6-7-15-12(8-9)16-13(17)10-4-2-3-5-11(10)14(16)18/h6-8,10-11H,2-5H2,1H3/t10-,11-/m0/s1. The largest absolute Gasteiger partial charge is 0.274 e. The highest BCUT2D eigenvalue weighted by atomic mass is 16.2. The molecule has 0 radical (unpaired) electrons. The first-order chi connectivity index (χ1) is 8.68. The summed E-state index contributed by atoms with van der Waals surface area (Å²) in [5.74, 6) is 0.173. The van der Waals surface area contributed by atoms with Gasteiger partial charge in [-0.15, -0.1) is 0 Å². The maximum absolute atomic E-state index is 12.3. The number of hydrogen-bond donors (Lipinski definition) is 0. The highest BCUT2D eigenvalue weighted by molar-refractivity contribution is 6.21. The Hall–Kier alpha value is -1.71. The van der Waals surface area contributed by atoms with E-state index in [1.165, 1.54) is 4.90 Å². The lowest BCUT2D eigenvalue weighted by molar-refractivity contribution is -0.122. The second kappa shape index (κ2) is 4.19. The topological polar surface area (TPSA) is 50.3 Å². The third kappa shape index (κ3) is 1.64. The van der Waals surface area contributed by atoms with Crippen LogP contribution in [0.3, 0.4) is 0 Å². The minimum absolute atomic E-state index is 0.0530. The molecule has 0 bridgehead atoms. The van der Waals surface area contributed by atoms with E-state index in [0.717, 1.165) is 31.2 Å². The molecule has 2 atom stereocenters. The third-order valence-electron chi connectivity index (χ3n) is 3.97. The predicted octanol–water partition coefficient (Wildman–Crippen LogP) is 2.07. The summed E-state index contributed by atoms with van der Waals surface area (Å²) in [6.45, 7) is 1.93. The Morgan fingerprint density at radius 3 is 2.33 bits per heavy atom. The molecule has 0 N–H and O–H groups in total. The lowest BCUT2D eigenvalue weighted by Crippen LogP contribution is -2.31.